The second kappa shape index (κ2) is 5.41. The molecule has 0 spiro atoms. The van der Waals surface area contributed by atoms with Crippen LogP contribution in [0.4, 0.5) is 0 Å². The highest BCUT2D eigenvalue weighted by molar-refractivity contribution is 5.81. The minimum atomic E-state index is 0.132. The third-order valence-corrected chi connectivity index (χ3v) is 4.71. The summed E-state index contributed by atoms with van der Waals surface area (Å²) in [6.45, 7) is 4.42. The molecule has 0 aromatic rings. The summed E-state index contributed by atoms with van der Waals surface area (Å²) in [5.74, 6) is 0.724. The van der Waals surface area contributed by atoms with E-state index >= 15 is 0 Å². The predicted octanol–water partition coefficient (Wildman–Crippen LogP) is 2.83. The van der Waals surface area contributed by atoms with E-state index in [0.717, 1.165) is 25.7 Å². The Morgan fingerprint density at radius 2 is 1.83 bits per heavy atom. The van der Waals surface area contributed by atoms with Crippen LogP contribution in [0.1, 0.15) is 65.2 Å². The minimum absolute atomic E-state index is 0.132. The van der Waals surface area contributed by atoms with E-state index in [-0.39, 0.29) is 23.3 Å². The zero-order chi connectivity index (χ0) is 13.2. The smallest absolute Gasteiger partial charge is 0.223 e. The summed E-state index contributed by atoms with van der Waals surface area (Å²) in [6, 6.07) is 0.230. The van der Waals surface area contributed by atoms with Crippen LogP contribution < -0.4 is 5.32 Å². The molecule has 3 heteroatoms. The summed E-state index contributed by atoms with van der Waals surface area (Å²) in [4.78, 5) is 23.6. The maximum atomic E-state index is 12.4. The molecule has 0 aromatic heterocycles. The van der Waals surface area contributed by atoms with Gasteiger partial charge in [-0.2, -0.15) is 0 Å². The van der Waals surface area contributed by atoms with Crippen LogP contribution in [0.15, 0.2) is 0 Å². The molecule has 0 heterocycles. The van der Waals surface area contributed by atoms with Crippen molar-refractivity contribution in [1.82, 2.24) is 5.32 Å². The van der Waals surface area contributed by atoms with Crippen molar-refractivity contribution in [1.29, 1.82) is 0 Å². The number of nitrogens with one attached hydrogen (secondary N) is 1. The molecule has 102 valence electrons. The van der Waals surface area contributed by atoms with E-state index in [1.807, 2.05) is 0 Å². The standard InChI is InChI=1S/C15H25NO2/c1-15(2)10-4-3-5-13(15)14(18)16-11-6-8-12(17)9-7-11/h11,13H,3-10H2,1-2H3,(H,16,18). The van der Waals surface area contributed by atoms with Gasteiger partial charge in [0.15, 0.2) is 0 Å². The fourth-order valence-electron chi connectivity index (χ4n) is 3.37. The number of ketones is 1. The SMILES string of the molecule is CC1(C)CCCCC1C(=O)NC1CCC(=O)CC1. The molecule has 1 amide bonds. The van der Waals surface area contributed by atoms with Gasteiger partial charge in [0.2, 0.25) is 5.91 Å². The van der Waals surface area contributed by atoms with Crippen LogP contribution >= 0.6 is 0 Å². The monoisotopic (exact) mass is 251 g/mol. The fraction of sp³-hybridized carbons (Fsp3) is 0.867. The lowest BCUT2D eigenvalue weighted by Crippen LogP contribution is -2.46. The first-order chi connectivity index (χ1) is 8.49. The maximum absolute atomic E-state index is 12.4. The van der Waals surface area contributed by atoms with E-state index in [4.69, 9.17) is 0 Å². The first-order valence-electron chi connectivity index (χ1n) is 7.31. The third kappa shape index (κ3) is 3.12. The molecular weight excluding hydrogens is 226 g/mol. The van der Waals surface area contributed by atoms with Crippen molar-refractivity contribution in [3.63, 3.8) is 0 Å². The summed E-state index contributed by atoms with van der Waals surface area (Å²) < 4.78 is 0. The molecule has 2 aliphatic carbocycles. The third-order valence-electron chi connectivity index (χ3n) is 4.71. The van der Waals surface area contributed by atoms with Crippen LogP contribution in [-0.2, 0) is 9.59 Å². The normalized spacial score (nSPS) is 29.0. The van der Waals surface area contributed by atoms with Gasteiger partial charge < -0.3 is 5.32 Å². The Kier molecular flexibility index (Phi) is 4.08. The van der Waals surface area contributed by atoms with E-state index in [0.29, 0.717) is 18.6 Å². The van der Waals surface area contributed by atoms with E-state index < -0.39 is 0 Å². The van der Waals surface area contributed by atoms with Crippen LogP contribution in [0, 0.1) is 11.3 Å². The average Bonchev–Trinajstić information content (AvgIpc) is 2.31. The molecule has 18 heavy (non-hydrogen) atoms. The Hall–Kier alpha value is -0.860. The number of amides is 1. The lowest BCUT2D eigenvalue weighted by Gasteiger charge is -2.38. The molecule has 2 saturated carbocycles. The van der Waals surface area contributed by atoms with Crippen LogP contribution in [0.5, 0.6) is 0 Å². The van der Waals surface area contributed by atoms with E-state index in [1.54, 1.807) is 0 Å². The van der Waals surface area contributed by atoms with Gasteiger partial charge in [0, 0.05) is 24.8 Å². The Balaban J connectivity index is 1.89. The predicted molar refractivity (Wildman–Crippen MR) is 71.1 cm³/mol. The number of rotatable bonds is 2. The highest BCUT2D eigenvalue weighted by Gasteiger charge is 2.37. The molecule has 0 aliphatic heterocycles. The highest BCUT2D eigenvalue weighted by Crippen LogP contribution is 2.40. The fourth-order valence-corrected chi connectivity index (χ4v) is 3.37. The van der Waals surface area contributed by atoms with E-state index in [2.05, 4.69) is 19.2 Å². The molecule has 1 atom stereocenters. The Labute approximate surface area is 110 Å². The lowest BCUT2D eigenvalue weighted by atomic mass is 9.68. The van der Waals surface area contributed by atoms with Gasteiger partial charge >= 0.3 is 0 Å². The van der Waals surface area contributed by atoms with Crippen molar-refractivity contribution >= 4 is 11.7 Å². The Morgan fingerprint density at radius 1 is 1.17 bits per heavy atom. The van der Waals surface area contributed by atoms with E-state index in [1.165, 1.54) is 12.8 Å². The number of carbonyl (C=O) groups is 2. The molecule has 1 unspecified atom stereocenters. The quantitative estimate of drug-likeness (QED) is 0.820. The molecule has 0 aromatic carbocycles. The van der Waals surface area contributed by atoms with Gasteiger partial charge in [-0.15, -0.1) is 0 Å². The van der Waals surface area contributed by atoms with Gasteiger partial charge in [0.1, 0.15) is 5.78 Å². The summed E-state index contributed by atoms with van der Waals surface area (Å²) in [5.41, 5.74) is 0.132. The van der Waals surface area contributed by atoms with Crippen molar-refractivity contribution < 1.29 is 9.59 Å². The Bertz CT molecular complexity index is 325. The summed E-state index contributed by atoms with van der Waals surface area (Å²) in [7, 11) is 0. The summed E-state index contributed by atoms with van der Waals surface area (Å²) in [6.07, 6.45) is 7.52. The molecule has 0 bridgehead atoms. The topological polar surface area (TPSA) is 46.2 Å². The molecular formula is C15H25NO2. The van der Waals surface area contributed by atoms with Crippen LogP contribution in [0.3, 0.4) is 0 Å². The molecule has 1 N–H and O–H groups in total. The van der Waals surface area contributed by atoms with E-state index in [9.17, 15) is 9.59 Å². The summed E-state index contributed by atoms with van der Waals surface area (Å²) >= 11 is 0. The molecule has 2 aliphatic rings. The number of Topliss-reactive ketones (excluding diaryl/α,β-unsaturated/α-hetero) is 1. The molecule has 3 nitrogen and oxygen atoms in total. The average molecular weight is 251 g/mol. The van der Waals surface area contributed by atoms with Gasteiger partial charge in [-0.25, -0.2) is 0 Å². The number of hydrogen-bond donors (Lipinski definition) is 1. The lowest BCUT2D eigenvalue weighted by molar-refractivity contribution is -0.132. The highest BCUT2D eigenvalue weighted by atomic mass is 16.2. The second-order valence-electron chi connectivity index (χ2n) is 6.61. The van der Waals surface area contributed by atoms with Crippen molar-refractivity contribution in [2.24, 2.45) is 11.3 Å². The summed E-state index contributed by atoms with van der Waals surface area (Å²) in [5, 5.41) is 3.17. The molecule has 2 rings (SSSR count). The van der Waals surface area contributed by atoms with Crippen molar-refractivity contribution in [3.05, 3.63) is 0 Å². The van der Waals surface area contributed by atoms with Crippen molar-refractivity contribution in [2.45, 2.75) is 71.3 Å². The van der Waals surface area contributed by atoms with Gasteiger partial charge in [-0.05, 0) is 31.1 Å². The van der Waals surface area contributed by atoms with Crippen LogP contribution in [-0.4, -0.2) is 17.7 Å². The number of carbonyl (C=O) groups excluding carboxylic acids is 2. The van der Waals surface area contributed by atoms with Crippen LogP contribution in [0.2, 0.25) is 0 Å². The minimum Gasteiger partial charge on any atom is -0.353 e. The van der Waals surface area contributed by atoms with Gasteiger partial charge in [0.05, 0.1) is 0 Å². The second-order valence-corrected chi connectivity index (χ2v) is 6.61. The molecule has 2 fully saturated rings. The Morgan fingerprint density at radius 3 is 2.44 bits per heavy atom. The largest absolute Gasteiger partial charge is 0.353 e. The first kappa shape index (κ1) is 13.6. The van der Waals surface area contributed by atoms with Gasteiger partial charge in [-0.1, -0.05) is 26.7 Å². The maximum Gasteiger partial charge on any atom is 0.223 e. The number of hydrogen-bond acceptors (Lipinski definition) is 2. The molecule has 0 saturated heterocycles. The first-order valence-corrected chi connectivity index (χ1v) is 7.31. The molecule has 0 radical (unpaired) electrons. The van der Waals surface area contributed by atoms with Gasteiger partial charge in [0.25, 0.3) is 0 Å². The zero-order valence-electron chi connectivity index (χ0n) is 11.6. The van der Waals surface area contributed by atoms with Crippen molar-refractivity contribution in [3.8, 4) is 0 Å². The van der Waals surface area contributed by atoms with Crippen molar-refractivity contribution in [2.75, 3.05) is 0 Å². The zero-order valence-corrected chi connectivity index (χ0v) is 11.6. The van der Waals surface area contributed by atoms with Gasteiger partial charge in [-0.3, -0.25) is 9.59 Å². The van der Waals surface area contributed by atoms with Crippen LogP contribution in [0.25, 0.3) is 0 Å².